The Labute approximate surface area is 118 Å². The molecule has 7 heteroatoms. The Morgan fingerprint density at radius 1 is 1.42 bits per heavy atom. The van der Waals surface area contributed by atoms with Gasteiger partial charge in [-0.1, -0.05) is 0 Å². The quantitative estimate of drug-likeness (QED) is 0.810. The molecule has 2 fully saturated rings. The van der Waals surface area contributed by atoms with E-state index in [9.17, 15) is 18.3 Å². The van der Waals surface area contributed by atoms with E-state index in [1.165, 1.54) is 11.8 Å². The molecule has 1 unspecified atom stereocenters. The molecule has 2 aliphatic heterocycles. The van der Waals surface area contributed by atoms with Crippen LogP contribution in [0.1, 0.15) is 26.2 Å². The number of piperidine rings is 1. The molecule has 110 valence electrons. The lowest BCUT2D eigenvalue weighted by Gasteiger charge is -2.35. The second-order valence-corrected chi connectivity index (χ2v) is 9.23. The van der Waals surface area contributed by atoms with Gasteiger partial charge in [-0.05, 0) is 26.2 Å². The Kier molecular flexibility index (Phi) is 4.47. The molecule has 1 amide bonds. The first-order valence-electron chi connectivity index (χ1n) is 6.60. The van der Waals surface area contributed by atoms with Crippen LogP contribution in [-0.4, -0.2) is 65.5 Å². The average Bonchev–Trinajstić information content (AvgIpc) is 2.66. The van der Waals surface area contributed by atoms with Gasteiger partial charge in [0.25, 0.3) is 0 Å². The summed E-state index contributed by atoms with van der Waals surface area (Å²) in [6, 6.07) is 0. The summed E-state index contributed by atoms with van der Waals surface area (Å²) in [5, 5.41) is 9.90. The molecule has 0 aromatic rings. The maximum Gasteiger partial charge on any atom is 0.232 e. The van der Waals surface area contributed by atoms with Crippen LogP contribution in [0.5, 0.6) is 0 Å². The molecular weight excluding hydrogens is 286 g/mol. The Morgan fingerprint density at radius 3 is 2.58 bits per heavy atom. The van der Waals surface area contributed by atoms with Crippen molar-refractivity contribution in [3.05, 3.63) is 0 Å². The van der Waals surface area contributed by atoms with Crippen molar-refractivity contribution in [1.29, 1.82) is 0 Å². The predicted octanol–water partition coefficient (Wildman–Crippen LogP) is 0.280. The first-order valence-corrected chi connectivity index (χ1v) is 9.47. The fourth-order valence-electron chi connectivity index (χ4n) is 2.41. The number of likely N-dealkylation sites (tertiary alicyclic amines) is 1. The second-order valence-electron chi connectivity index (χ2n) is 5.71. The highest BCUT2D eigenvalue weighted by atomic mass is 32.2. The van der Waals surface area contributed by atoms with E-state index in [2.05, 4.69) is 0 Å². The third-order valence-electron chi connectivity index (χ3n) is 3.83. The summed E-state index contributed by atoms with van der Waals surface area (Å²) in [4.78, 5) is 13.8. The molecule has 0 aliphatic carbocycles. The van der Waals surface area contributed by atoms with Crippen LogP contribution in [-0.2, 0) is 14.6 Å². The predicted molar refractivity (Wildman–Crippen MR) is 76.0 cm³/mol. The molecule has 2 heterocycles. The number of rotatable bonds is 3. The summed E-state index contributed by atoms with van der Waals surface area (Å²) >= 11 is 1.46. The van der Waals surface area contributed by atoms with Crippen LogP contribution in [0.4, 0.5) is 0 Å². The van der Waals surface area contributed by atoms with Crippen LogP contribution in [0.2, 0.25) is 0 Å². The lowest BCUT2D eigenvalue weighted by Crippen LogP contribution is -2.45. The number of hydrogen-bond donors (Lipinski definition) is 1. The highest BCUT2D eigenvalue weighted by Crippen LogP contribution is 2.26. The van der Waals surface area contributed by atoms with Gasteiger partial charge >= 0.3 is 0 Å². The zero-order valence-electron chi connectivity index (χ0n) is 11.2. The maximum absolute atomic E-state index is 12.0. The van der Waals surface area contributed by atoms with Crippen molar-refractivity contribution in [2.24, 2.45) is 0 Å². The lowest BCUT2D eigenvalue weighted by atomic mass is 9.94. The van der Waals surface area contributed by atoms with Crippen molar-refractivity contribution >= 4 is 27.5 Å². The van der Waals surface area contributed by atoms with Gasteiger partial charge in [0.15, 0.2) is 9.84 Å². The van der Waals surface area contributed by atoms with Gasteiger partial charge in [0.1, 0.15) is 0 Å². The number of hydrogen-bond acceptors (Lipinski definition) is 5. The van der Waals surface area contributed by atoms with Gasteiger partial charge in [-0.25, -0.2) is 8.42 Å². The van der Waals surface area contributed by atoms with Crippen molar-refractivity contribution in [3.8, 4) is 0 Å². The summed E-state index contributed by atoms with van der Waals surface area (Å²) in [7, 11) is -2.86. The zero-order chi connectivity index (χ0) is 14.1. The van der Waals surface area contributed by atoms with Gasteiger partial charge < -0.3 is 10.0 Å². The fourth-order valence-corrected chi connectivity index (χ4v) is 5.96. The van der Waals surface area contributed by atoms with E-state index in [0.717, 1.165) is 0 Å². The Balaban J connectivity index is 1.74. The number of thioether (sulfide) groups is 1. The molecule has 2 aliphatic rings. The molecular formula is C12H21NO4S2. The highest BCUT2D eigenvalue weighted by Gasteiger charge is 2.31. The molecule has 0 bridgehead atoms. The monoisotopic (exact) mass is 307 g/mol. The largest absolute Gasteiger partial charge is 0.390 e. The number of carbonyl (C=O) groups excluding carboxylic acids is 1. The third-order valence-corrected chi connectivity index (χ3v) is 7.09. The minimum atomic E-state index is -2.86. The smallest absolute Gasteiger partial charge is 0.232 e. The average molecular weight is 307 g/mol. The Bertz CT molecular complexity index is 437. The SMILES string of the molecule is CC1(O)CCN(C(=O)CSC2CCS(=O)(=O)C2)CC1. The topological polar surface area (TPSA) is 74.7 Å². The number of sulfone groups is 1. The van der Waals surface area contributed by atoms with Crippen LogP contribution in [0.3, 0.4) is 0 Å². The zero-order valence-corrected chi connectivity index (χ0v) is 12.8. The van der Waals surface area contributed by atoms with Crippen molar-refractivity contribution in [2.45, 2.75) is 37.0 Å². The van der Waals surface area contributed by atoms with Gasteiger partial charge in [-0.2, -0.15) is 0 Å². The first-order chi connectivity index (χ1) is 8.77. The van der Waals surface area contributed by atoms with E-state index < -0.39 is 15.4 Å². The van der Waals surface area contributed by atoms with Crippen LogP contribution in [0.15, 0.2) is 0 Å². The van der Waals surface area contributed by atoms with Gasteiger partial charge in [-0.3, -0.25) is 4.79 Å². The van der Waals surface area contributed by atoms with E-state index >= 15 is 0 Å². The Morgan fingerprint density at radius 2 is 2.05 bits per heavy atom. The second kappa shape index (κ2) is 5.61. The van der Waals surface area contributed by atoms with Crippen LogP contribution in [0, 0.1) is 0 Å². The van der Waals surface area contributed by atoms with Gasteiger partial charge in [0, 0.05) is 18.3 Å². The number of amides is 1. The van der Waals surface area contributed by atoms with Crippen LogP contribution < -0.4 is 0 Å². The van der Waals surface area contributed by atoms with Gasteiger partial charge in [0.05, 0.1) is 22.9 Å². The van der Waals surface area contributed by atoms with E-state index in [0.29, 0.717) is 38.1 Å². The molecule has 0 aromatic carbocycles. The van der Waals surface area contributed by atoms with E-state index in [4.69, 9.17) is 0 Å². The van der Waals surface area contributed by atoms with Crippen molar-refractivity contribution < 1.29 is 18.3 Å². The van der Waals surface area contributed by atoms with E-state index in [1.807, 2.05) is 0 Å². The number of aliphatic hydroxyl groups is 1. The van der Waals surface area contributed by atoms with Crippen molar-refractivity contribution in [3.63, 3.8) is 0 Å². The van der Waals surface area contributed by atoms with E-state index in [-0.39, 0.29) is 22.7 Å². The standard InChI is InChI=1S/C12H21NO4S2/c1-12(15)3-5-13(6-4-12)11(14)8-18-10-2-7-19(16,17)9-10/h10,15H,2-9H2,1H3. The van der Waals surface area contributed by atoms with Gasteiger partial charge in [0.2, 0.25) is 5.91 Å². The molecule has 0 spiro atoms. The molecule has 2 saturated heterocycles. The van der Waals surface area contributed by atoms with Crippen LogP contribution in [0.25, 0.3) is 0 Å². The Hall–Kier alpha value is -0.270. The van der Waals surface area contributed by atoms with Crippen molar-refractivity contribution in [2.75, 3.05) is 30.3 Å². The van der Waals surface area contributed by atoms with Crippen LogP contribution >= 0.6 is 11.8 Å². The van der Waals surface area contributed by atoms with E-state index in [1.54, 1.807) is 11.8 Å². The molecule has 0 aromatic heterocycles. The highest BCUT2D eigenvalue weighted by molar-refractivity contribution is 8.02. The summed E-state index contributed by atoms with van der Waals surface area (Å²) in [5.74, 6) is 0.873. The normalized spacial score (nSPS) is 29.4. The maximum atomic E-state index is 12.0. The molecule has 1 N–H and O–H groups in total. The summed E-state index contributed by atoms with van der Waals surface area (Å²) < 4.78 is 22.6. The summed E-state index contributed by atoms with van der Waals surface area (Å²) in [6.45, 7) is 2.98. The molecule has 2 rings (SSSR count). The minimum absolute atomic E-state index is 0.0600. The number of carbonyl (C=O) groups is 1. The molecule has 0 radical (unpaired) electrons. The van der Waals surface area contributed by atoms with Crippen molar-refractivity contribution in [1.82, 2.24) is 4.90 Å². The molecule has 19 heavy (non-hydrogen) atoms. The molecule has 5 nitrogen and oxygen atoms in total. The minimum Gasteiger partial charge on any atom is -0.390 e. The molecule has 0 saturated carbocycles. The van der Waals surface area contributed by atoms with Gasteiger partial charge in [-0.15, -0.1) is 11.8 Å². The lowest BCUT2D eigenvalue weighted by molar-refractivity contribution is -0.132. The third kappa shape index (κ3) is 4.36. The number of nitrogens with zero attached hydrogens (tertiary/aromatic N) is 1. The first kappa shape index (κ1) is 15.1. The summed E-state index contributed by atoms with van der Waals surface area (Å²) in [6.07, 6.45) is 1.89. The fraction of sp³-hybridized carbons (Fsp3) is 0.917. The summed E-state index contributed by atoms with van der Waals surface area (Å²) in [5.41, 5.74) is -0.649. The molecule has 1 atom stereocenters.